The van der Waals surface area contributed by atoms with Crippen molar-refractivity contribution >= 4 is 39.3 Å². The molecule has 0 bridgehead atoms. The van der Waals surface area contributed by atoms with Crippen LogP contribution in [0.25, 0.3) is 11.3 Å². The molecule has 1 aromatic carbocycles. The molecule has 1 heterocycles. The fourth-order valence-corrected chi connectivity index (χ4v) is 2.60. The standard InChI is InChI=1S/C12H8BrClO2S/c1-17-10-6-9(16-12(15)11(10)14)7-3-2-4-8(13)5-7/h2-6H,1H3. The van der Waals surface area contributed by atoms with E-state index >= 15 is 0 Å². The Morgan fingerprint density at radius 1 is 1.35 bits per heavy atom. The summed E-state index contributed by atoms with van der Waals surface area (Å²) in [4.78, 5) is 12.3. The summed E-state index contributed by atoms with van der Waals surface area (Å²) >= 11 is 10.6. The Labute approximate surface area is 116 Å². The number of hydrogen-bond acceptors (Lipinski definition) is 3. The van der Waals surface area contributed by atoms with E-state index in [0.717, 1.165) is 14.9 Å². The third-order valence-corrected chi connectivity index (χ3v) is 3.91. The molecular weight excluding hydrogens is 324 g/mol. The van der Waals surface area contributed by atoms with Crippen LogP contribution >= 0.6 is 39.3 Å². The Morgan fingerprint density at radius 3 is 2.76 bits per heavy atom. The molecular formula is C12H8BrClO2S. The normalized spacial score (nSPS) is 10.5. The van der Waals surface area contributed by atoms with Gasteiger partial charge in [0.05, 0.1) is 0 Å². The van der Waals surface area contributed by atoms with Gasteiger partial charge in [0.15, 0.2) is 0 Å². The summed E-state index contributed by atoms with van der Waals surface area (Å²) in [7, 11) is 0. The van der Waals surface area contributed by atoms with E-state index in [-0.39, 0.29) is 5.02 Å². The van der Waals surface area contributed by atoms with Crippen molar-refractivity contribution in [3.05, 3.63) is 50.2 Å². The zero-order chi connectivity index (χ0) is 12.4. The van der Waals surface area contributed by atoms with Gasteiger partial charge >= 0.3 is 5.63 Å². The zero-order valence-electron chi connectivity index (χ0n) is 8.87. The average Bonchev–Trinajstić information content (AvgIpc) is 2.32. The van der Waals surface area contributed by atoms with Crippen LogP contribution < -0.4 is 5.63 Å². The van der Waals surface area contributed by atoms with E-state index in [9.17, 15) is 4.79 Å². The minimum Gasteiger partial charge on any atom is -0.422 e. The fourth-order valence-electron chi connectivity index (χ4n) is 1.39. The Bertz CT molecular complexity index is 610. The van der Waals surface area contributed by atoms with Gasteiger partial charge in [-0.25, -0.2) is 4.79 Å². The molecule has 1 aromatic heterocycles. The van der Waals surface area contributed by atoms with Crippen LogP contribution in [0.2, 0.25) is 5.02 Å². The van der Waals surface area contributed by atoms with Gasteiger partial charge < -0.3 is 4.42 Å². The predicted octanol–water partition coefficient (Wildman–Crippen LogP) is 4.44. The quantitative estimate of drug-likeness (QED) is 0.762. The second-order valence-corrected chi connectivity index (χ2v) is 5.43. The van der Waals surface area contributed by atoms with E-state index in [1.54, 1.807) is 6.07 Å². The Kier molecular flexibility index (Phi) is 3.97. The largest absolute Gasteiger partial charge is 0.422 e. The summed E-state index contributed by atoms with van der Waals surface area (Å²) in [5, 5.41) is 0.135. The van der Waals surface area contributed by atoms with Crippen LogP contribution in [0.4, 0.5) is 0 Å². The second kappa shape index (κ2) is 5.29. The molecule has 0 radical (unpaired) electrons. The van der Waals surface area contributed by atoms with E-state index in [4.69, 9.17) is 16.0 Å². The number of thioether (sulfide) groups is 1. The van der Waals surface area contributed by atoms with E-state index in [1.807, 2.05) is 30.5 Å². The van der Waals surface area contributed by atoms with E-state index in [2.05, 4.69) is 15.9 Å². The van der Waals surface area contributed by atoms with Gasteiger partial charge in [-0.15, -0.1) is 11.8 Å². The number of hydrogen-bond donors (Lipinski definition) is 0. The molecule has 0 spiro atoms. The molecule has 0 aliphatic heterocycles. The lowest BCUT2D eigenvalue weighted by atomic mass is 10.2. The summed E-state index contributed by atoms with van der Waals surface area (Å²) in [5.41, 5.74) is 0.330. The molecule has 0 atom stereocenters. The molecule has 0 aliphatic rings. The van der Waals surface area contributed by atoms with Gasteiger partial charge in [0.25, 0.3) is 0 Å². The molecule has 0 saturated heterocycles. The van der Waals surface area contributed by atoms with Crippen molar-refractivity contribution in [2.24, 2.45) is 0 Å². The highest BCUT2D eigenvalue weighted by Gasteiger charge is 2.10. The van der Waals surface area contributed by atoms with Gasteiger partial charge in [-0.3, -0.25) is 0 Å². The molecule has 88 valence electrons. The highest BCUT2D eigenvalue weighted by molar-refractivity contribution is 9.10. The van der Waals surface area contributed by atoms with Gasteiger partial charge in [0.1, 0.15) is 10.8 Å². The van der Waals surface area contributed by atoms with Crippen molar-refractivity contribution in [2.75, 3.05) is 6.26 Å². The van der Waals surface area contributed by atoms with Gasteiger partial charge in [0, 0.05) is 14.9 Å². The molecule has 2 nitrogen and oxygen atoms in total. The van der Waals surface area contributed by atoms with Crippen molar-refractivity contribution in [2.45, 2.75) is 4.90 Å². The lowest BCUT2D eigenvalue weighted by Crippen LogP contribution is -2.01. The van der Waals surface area contributed by atoms with E-state index in [1.165, 1.54) is 11.8 Å². The summed E-state index contributed by atoms with van der Waals surface area (Å²) < 4.78 is 6.10. The van der Waals surface area contributed by atoms with Crippen molar-refractivity contribution in [3.8, 4) is 11.3 Å². The first kappa shape index (κ1) is 12.7. The van der Waals surface area contributed by atoms with Crippen LogP contribution in [0.15, 0.2) is 48.9 Å². The van der Waals surface area contributed by atoms with Gasteiger partial charge in [-0.1, -0.05) is 39.7 Å². The topological polar surface area (TPSA) is 30.2 Å². The molecule has 2 aromatic rings. The molecule has 5 heteroatoms. The minimum atomic E-state index is -0.506. The SMILES string of the molecule is CSc1cc(-c2cccc(Br)c2)oc(=O)c1Cl. The molecule has 0 N–H and O–H groups in total. The number of halogens is 2. The lowest BCUT2D eigenvalue weighted by Gasteiger charge is -2.04. The smallest absolute Gasteiger partial charge is 0.356 e. The first-order chi connectivity index (χ1) is 8.11. The number of rotatable bonds is 2. The molecule has 0 aliphatic carbocycles. The summed E-state index contributed by atoms with van der Waals surface area (Å²) in [5.74, 6) is 0.519. The van der Waals surface area contributed by atoms with Crippen molar-refractivity contribution in [1.29, 1.82) is 0 Å². The summed E-state index contributed by atoms with van der Waals surface area (Å²) in [6.07, 6.45) is 1.87. The average molecular weight is 332 g/mol. The van der Waals surface area contributed by atoms with Gasteiger partial charge in [-0.05, 0) is 24.5 Å². The van der Waals surface area contributed by atoms with Gasteiger partial charge in [0.2, 0.25) is 0 Å². The van der Waals surface area contributed by atoms with Crippen LogP contribution in [-0.2, 0) is 0 Å². The highest BCUT2D eigenvalue weighted by atomic mass is 79.9. The van der Waals surface area contributed by atoms with Crippen LogP contribution in [0, 0.1) is 0 Å². The van der Waals surface area contributed by atoms with E-state index < -0.39 is 5.63 Å². The maximum Gasteiger partial charge on any atom is 0.356 e. The summed E-state index contributed by atoms with van der Waals surface area (Å²) in [6, 6.07) is 9.33. The molecule has 2 rings (SSSR count). The predicted molar refractivity (Wildman–Crippen MR) is 74.9 cm³/mol. The van der Waals surface area contributed by atoms with Gasteiger partial charge in [-0.2, -0.15) is 0 Å². The second-order valence-electron chi connectivity index (χ2n) is 3.29. The first-order valence-electron chi connectivity index (χ1n) is 4.75. The van der Waals surface area contributed by atoms with Crippen LogP contribution in [0.1, 0.15) is 0 Å². The van der Waals surface area contributed by atoms with Crippen molar-refractivity contribution in [1.82, 2.24) is 0 Å². The third-order valence-electron chi connectivity index (χ3n) is 2.19. The van der Waals surface area contributed by atoms with Crippen molar-refractivity contribution in [3.63, 3.8) is 0 Å². The Balaban J connectivity index is 2.61. The molecule has 0 saturated carbocycles. The lowest BCUT2D eigenvalue weighted by molar-refractivity contribution is 0.521. The maximum absolute atomic E-state index is 11.6. The zero-order valence-corrected chi connectivity index (χ0v) is 12.0. The monoisotopic (exact) mass is 330 g/mol. The molecule has 0 unspecified atom stereocenters. The molecule has 17 heavy (non-hydrogen) atoms. The highest BCUT2D eigenvalue weighted by Crippen LogP contribution is 2.29. The van der Waals surface area contributed by atoms with Crippen molar-refractivity contribution < 1.29 is 4.42 Å². The minimum absolute atomic E-state index is 0.135. The van der Waals surface area contributed by atoms with E-state index in [0.29, 0.717) is 5.76 Å². The summed E-state index contributed by atoms with van der Waals surface area (Å²) in [6.45, 7) is 0. The first-order valence-corrected chi connectivity index (χ1v) is 7.15. The van der Waals surface area contributed by atoms with Crippen LogP contribution in [0.3, 0.4) is 0 Å². The molecule has 0 fully saturated rings. The molecule has 0 amide bonds. The Morgan fingerprint density at radius 2 is 2.12 bits per heavy atom. The van der Waals surface area contributed by atoms with Crippen LogP contribution in [-0.4, -0.2) is 6.26 Å². The third kappa shape index (κ3) is 2.76. The van der Waals surface area contributed by atoms with Crippen LogP contribution in [0.5, 0.6) is 0 Å². The number of benzene rings is 1. The fraction of sp³-hybridized carbons (Fsp3) is 0.0833. The Hall–Kier alpha value is -0.710. The maximum atomic E-state index is 11.6.